The maximum Gasteiger partial charge on any atom is 0.0195 e. The monoisotopic (exact) mass is 236 g/mol. The van der Waals surface area contributed by atoms with Crippen molar-refractivity contribution in [3.05, 3.63) is 0 Å². The van der Waals surface area contributed by atoms with Gasteiger partial charge in [-0.2, -0.15) is 0 Å². The molecule has 98 valence electrons. The molecule has 1 aliphatic heterocycles. The minimum Gasteiger partial charge on any atom is -0.313 e. The third kappa shape index (κ3) is 3.23. The summed E-state index contributed by atoms with van der Waals surface area (Å²) in [6, 6.07) is 1.69. The lowest BCUT2D eigenvalue weighted by molar-refractivity contribution is 0.150. The van der Waals surface area contributed by atoms with E-state index < -0.39 is 0 Å². The van der Waals surface area contributed by atoms with Crippen LogP contribution in [0.4, 0.5) is 0 Å². The van der Waals surface area contributed by atoms with Gasteiger partial charge in [0.05, 0.1) is 0 Å². The second-order valence-electron chi connectivity index (χ2n) is 6.50. The summed E-state index contributed by atoms with van der Waals surface area (Å²) in [7, 11) is 0. The first kappa shape index (κ1) is 12.0. The Bertz CT molecular complexity index is 239. The first-order chi connectivity index (χ1) is 8.36. The van der Waals surface area contributed by atoms with Gasteiger partial charge >= 0.3 is 0 Å². The molecule has 2 saturated carbocycles. The van der Waals surface area contributed by atoms with Gasteiger partial charge in [0.25, 0.3) is 0 Å². The Balaban J connectivity index is 1.57. The summed E-state index contributed by atoms with van der Waals surface area (Å²) in [5.74, 6) is 2.09. The summed E-state index contributed by atoms with van der Waals surface area (Å²) in [4.78, 5) is 2.86. The second-order valence-corrected chi connectivity index (χ2v) is 6.50. The number of rotatable bonds is 7. The van der Waals surface area contributed by atoms with Crippen molar-refractivity contribution in [1.82, 2.24) is 10.2 Å². The van der Waals surface area contributed by atoms with Crippen LogP contribution in [0.2, 0.25) is 0 Å². The van der Waals surface area contributed by atoms with Gasteiger partial charge in [-0.3, -0.25) is 4.90 Å². The SMILES string of the molecule is CCC(C1CC1)N(CC1CC1)CC1CCCN1. The lowest BCUT2D eigenvalue weighted by Crippen LogP contribution is -2.45. The van der Waals surface area contributed by atoms with E-state index in [4.69, 9.17) is 0 Å². The molecular weight excluding hydrogens is 208 g/mol. The normalized spacial score (nSPS) is 31.1. The summed E-state index contributed by atoms with van der Waals surface area (Å²) in [6.45, 7) is 6.37. The van der Waals surface area contributed by atoms with Crippen LogP contribution in [-0.2, 0) is 0 Å². The van der Waals surface area contributed by atoms with Gasteiger partial charge in [0.2, 0.25) is 0 Å². The van der Waals surface area contributed by atoms with Crippen molar-refractivity contribution in [1.29, 1.82) is 0 Å². The molecule has 1 N–H and O–H groups in total. The van der Waals surface area contributed by atoms with Crippen LogP contribution in [0.5, 0.6) is 0 Å². The molecule has 3 aliphatic rings. The van der Waals surface area contributed by atoms with Crippen molar-refractivity contribution >= 4 is 0 Å². The van der Waals surface area contributed by atoms with Crippen LogP contribution < -0.4 is 5.32 Å². The molecule has 1 saturated heterocycles. The minimum absolute atomic E-state index is 0.793. The van der Waals surface area contributed by atoms with Crippen LogP contribution >= 0.6 is 0 Å². The van der Waals surface area contributed by atoms with Gasteiger partial charge in [-0.25, -0.2) is 0 Å². The summed E-state index contributed by atoms with van der Waals surface area (Å²) >= 11 is 0. The van der Waals surface area contributed by atoms with E-state index >= 15 is 0 Å². The first-order valence-corrected chi connectivity index (χ1v) is 7.84. The first-order valence-electron chi connectivity index (χ1n) is 7.84. The maximum absolute atomic E-state index is 3.68. The highest BCUT2D eigenvalue weighted by Crippen LogP contribution is 2.39. The van der Waals surface area contributed by atoms with Crippen LogP contribution in [0.3, 0.4) is 0 Å². The number of nitrogens with zero attached hydrogens (tertiary/aromatic N) is 1. The van der Waals surface area contributed by atoms with Gasteiger partial charge in [-0.1, -0.05) is 6.92 Å². The average Bonchev–Trinajstić information content (AvgIpc) is 3.23. The standard InChI is InChI=1S/C15H28N2/c1-2-15(13-7-8-13)17(10-12-5-6-12)11-14-4-3-9-16-14/h12-16H,2-11H2,1H3. The Hall–Kier alpha value is -0.0800. The smallest absolute Gasteiger partial charge is 0.0195 e. The third-order valence-electron chi connectivity index (χ3n) is 4.86. The molecule has 0 aromatic carbocycles. The van der Waals surface area contributed by atoms with Gasteiger partial charge in [0.15, 0.2) is 0 Å². The van der Waals surface area contributed by atoms with Crippen LogP contribution in [-0.4, -0.2) is 36.6 Å². The highest BCUT2D eigenvalue weighted by Gasteiger charge is 2.37. The van der Waals surface area contributed by atoms with Crippen molar-refractivity contribution < 1.29 is 0 Å². The largest absolute Gasteiger partial charge is 0.313 e. The molecule has 2 aliphatic carbocycles. The summed E-state index contributed by atoms with van der Waals surface area (Å²) in [5.41, 5.74) is 0. The van der Waals surface area contributed by atoms with E-state index in [0.29, 0.717) is 0 Å². The van der Waals surface area contributed by atoms with Gasteiger partial charge in [0, 0.05) is 25.2 Å². The molecule has 2 nitrogen and oxygen atoms in total. The van der Waals surface area contributed by atoms with Gasteiger partial charge in [-0.05, 0) is 63.3 Å². The van der Waals surface area contributed by atoms with Gasteiger partial charge < -0.3 is 5.32 Å². The molecule has 0 radical (unpaired) electrons. The van der Waals surface area contributed by atoms with E-state index in [1.165, 1.54) is 64.6 Å². The van der Waals surface area contributed by atoms with Gasteiger partial charge in [0.1, 0.15) is 0 Å². The molecular formula is C15H28N2. The molecule has 0 aromatic rings. The zero-order valence-corrected chi connectivity index (χ0v) is 11.3. The molecule has 2 atom stereocenters. The van der Waals surface area contributed by atoms with E-state index in [0.717, 1.165) is 23.9 Å². The number of nitrogens with one attached hydrogen (secondary N) is 1. The minimum atomic E-state index is 0.793. The Morgan fingerprint density at radius 1 is 1.12 bits per heavy atom. The Kier molecular flexibility index (Phi) is 3.72. The highest BCUT2D eigenvalue weighted by molar-refractivity contribution is 4.92. The van der Waals surface area contributed by atoms with Crippen molar-refractivity contribution in [2.45, 2.75) is 64.0 Å². The maximum atomic E-state index is 3.68. The van der Waals surface area contributed by atoms with Crippen LogP contribution in [0.25, 0.3) is 0 Å². The van der Waals surface area contributed by atoms with Crippen LogP contribution in [0.1, 0.15) is 51.9 Å². The molecule has 3 fully saturated rings. The predicted octanol–water partition coefficient (Wildman–Crippen LogP) is 2.64. The Labute approximate surface area is 106 Å². The lowest BCUT2D eigenvalue weighted by atomic mass is 10.1. The van der Waals surface area contributed by atoms with Crippen molar-refractivity contribution in [3.63, 3.8) is 0 Å². The molecule has 0 amide bonds. The zero-order valence-electron chi connectivity index (χ0n) is 11.3. The van der Waals surface area contributed by atoms with Crippen molar-refractivity contribution in [2.24, 2.45) is 11.8 Å². The molecule has 2 unspecified atom stereocenters. The fraction of sp³-hybridized carbons (Fsp3) is 1.00. The fourth-order valence-electron chi connectivity index (χ4n) is 3.54. The predicted molar refractivity (Wildman–Crippen MR) is 72.1 cm³/mol. The molecule has 0 spiro atoms. The van der Waals surface area contributed by atoms with E-state index in [9.17, 15) is 0 Å². The molecule has 3 rings (SSSR count). The Morgan fingerprint density at radius 3 is 2.47 bits per heavy atom. The van der Waals surface area contributed by atoms with E-state index in [1.54, 1.807) is 0 Å². The number of hydrogen-bond acceptors (Lipinski definition) is 2. The number of hydrogen-bond donors (Lipinski definition) is 1. The summed E-state index contributed by atoms with van der Waals surface area (Å²) in [6.07, 6.45) is 10.1. The van der Waals surface area contributed by atoms with Crippen molar-refractivity contribution in [3.8, 4) is 0 Å². The molecule has 0 aromatic heterocycles. The van der Waals surface area contributed by atoms with E-state index in [1.807, 2.05) is 0 Å². The lowest BCUT2D eigenvalue weighted by Gasteiger charge is -2.33. The third-order valence-corrected chi connectivity index (χ3v) is 4.86. The summed E-state index contributed by atoms with van der Waals surface area (Å²) < 4.78 is 0. The molecule has 17 heavy (non-hydrogen) atoms. The molecule has 0 bridgehead atoms. The topological polar surface area (TPSA) is 15.3 Å². The van der Waals surface area contributed by atoms with Gasteiger partial charge in [-0.15, -0.1) is 0 Å². The average molecular weight is 236 g/mol. The van der Waals surface area contributed by atoms with Crippen molar-refractivity contribution in [2.75, 3.05) is 19.6 Å². The zero-order chi connectivity index (χ0) is 11.7. The van der Waals surface area contributed by atoms with Crippen LogP contribution in [0, 0.1) is 11.8 Å². The summed E-state index contributed by atoms with van der Waals surface area (Å²) in [5, 5.41) is 3.68. The Morgan fingerprint density at radius 2 is 1.94 bits per heavy atom. The quantitative estimate of drug-likeness (QED) is 0.731. The molecule has 1 heterocycles. The van der Waals surface area contributed by atoms with Crippen LogP contribution in [0.15, 0.2) is 0 Å². The molecule has 2 heteroatoms. The highest BCUT2D eigenvalue weighted by atomic mass is 15.2. The van der Waals surface area contributed by atoms with E-state index in [-0.39, 0.29) is 0 Å². The van der Waals surface area contributed by atoms with E-state index in [2.05, 4.69) is 17.1 Å². The second kappa shape index (κ2) is 5.27. The fourth-order valence-corrected chi connectivity index (χ4v) is 3.54.